The van der Waals surface area contributed by atoms with Crippen molar-refractivity contribution in [2.24, 2.45) is 17.3 Å². The predicted octanol–water partition coefficient (Wildman–Crippen LogP) is 3.11. The van der Waals surface area contributed by atoms with Gasteiger partial charge in [-0.25, -0.2) is 0 Å². The van der Waals surface area contributed by atoms with Crippen LogP contribution in [0.25, 0.3) is 0 Å². The molecule has 0 N–H and O–H groups in total. The first-order chi connectivity index (χ1) is 6.89. The van der Waals surface area contributed by atoms with Gasteiger partial charge in [0, 0.05) is 5.92 Å². The first kappa shape index (κ1) is 10.7. The molecule has 0 aromatic heterocycles. The SMILES string of the molecule is C=CC12CCC(CC1C(=O)C(F)(F)F)C2. The topological polar surface area (TPSA) is 17.1 Å². The van der Waals surface area contributed by atoms with Crippen LogP contribution in [-0.4, -0.2) is 12.0 Å². The lowest BCUT2D eigenvalue weighted by Gasteiger charge is -2.31. The second kappa shape index (κ2) is 3.09. The Balaban J connectivity index is 2.25. The van der Waals surface area contributed by atoms with Crippen LogP contribution in [0, 0.1) is 17.3 Å². The van der Waals surface area contributed by atoms with Gasteiger partial charge in [0.15, 0.2) is 0 Å². The fraction of sp³-hybridized carbons (Fsp3) is 0.727. The summed E-state index contributed by atoms with van der Waals surface area (Å²) < 4.78 is 37.0. The van der Waals surface area contributed by atoms with Crippen molar-refractivity contribution in [3.63, 3.8) is 0 Å². The predicted molar refractivity (Wildman–Crippen MR) is 49.1 cm³/mol. The summed E-state index contributed by atoms with van der Waals surface area (Å²) in [6.07, 6.45) is -0.381. The summed E-state index contributed by atoms with van der Waals surface area (Å²) in [5.41, 5.74) is -0.558. The Labute approximate surface area is 86.3 Å². The van der Waals surface area contributed by atoms with E-state index in [2.05, 4.69) is 6.58 Å². The minimum atomic E-state index is -4.69. The van der Waals surface area contributed by atoms with Gasteiger partial charge in [0.05, 0.1) is 0 Å². The van der Waals surface area contributed by atoms with Crippen molar-refractivity contribution in [3.8, 4) is 0 Å². The van der Waals surface area contributed by atoms with E-state index < -0.39 is 23.3 Å². The number of allylic oxidation sites excluding steroid dienone is 1. The number of carbonyl (C=O) groups excluding carboxylic acids is 1. The Morgan fingerprint density at radius 2 is 2.13 bits per heavy atom. The zero-order valence-electron chi connectivity index (χ0n) is 8.31. The van der Waals surface area contributed by atoms with Crippen molar-refractivity contribution < 1.29 is 18.0 Å². The molecule has 0 aromatic rings. The Bertz CT molecular complexity index is 307. The quantitative estimate of drug-likeness (QED) is 0.651. The Morgan fingerprint density at radius 1 is 1.47 bits per heavy atom. The van der Waals surface area contributed by atoms with Crippen molar-refractivity contribution >= 4 is 5.78 Å². The summed E-state index contributed by atoms with van der Waals surface area (Å²) in [4.78, 5) is 11.2. The monoisotopic (exact) mass is 218 g/mol. The van der Waals surface area contributed by atoms with Crippen LogP contribution in [0.5, 0.6) is 0 Å². The lowest BCUT2D eigenvalue weighted by atomic mass is 9.73. The van der Waals surface area contributed by atoms with Crippen molar-refractivity contribution in [2.75, 3.05) is 0 Å². The molecule has 2 aliphatic rings. The van der Waals surface area contributed by atoms with Crippen LogP contribution in [-0.2, 0) is 4.79 Å². The summed E-state index contributed by atoms with van der Waals surface area (Å²) in [7, 11) is 0. The fourth-order valence-electron chi connectivity index (χ4n) is 3.19. The molecule has 15 heavy (non-hydrogen) atoms. The Hall–Kier alpha value is -0.800. The van der Waals surface area contributed by atoms with Crippen molar-refractivity contribution in [3.05, 3.63) is 12.7 Å². The van der Waals surface area contributed by atoms with E-state index in [1.807, 2.05) is 0 Å². The van der Waals surface area contributed by atoms with Crippen LogP contribution in [0.2, 0.25) is 0 Å². The van der Waals surface area contributed by atoms with Gasteiger partial charge in [0.2, 0.25) is 5.78 Å². The molecule has 2 rings (SSSR count). The number of carbonyl (C=O) groups is 1. The molecule has 2 fully saturated rings. The maximum atomic E-state index is 12.3. The van der Waals surface area contributed by atoms with E-state index in [0.29, 0.717) is 25.2 Å². The van der Waals surface area contributed by atoms with Gasteiger partial charge >= 0.3 is 6.18 Å². The molecule has 0 saturated heterocycles. The van der Waals surface area contributed by atoms with E-state index in [1.165, 1.54) is 0 Å². The molecule has 0 radical (unpaired) electrons. The van der Waals surface area contributed by atoms with Gasteiger partial charge in [0.1, 0.15) is 0 Å². The van der Waals surface area contributed by atoms with Crippen molar-refractivity contribution in [1.29, 1.82) is 0 Å². The molecule has 84 valence electrons. The van der Waals surface area contributed by atoms with Crippen LogP contribution in [0.15, 0.2) is 12.7 Å². The fourth-order valence-corrected chi connectivity index (χ4v) is 3.19. The van der Waals surface area contributed by atoms with Gasteiger partial charge in [-0.3, -0.25) is 4.79 Å². The van der Waals surface area contributed by atoms with Gasteiger partial charge < -0.3 is 0 Å². The molecule has 0 spiro atoms. The second-order valence-corrected chi connectivity index (χ2v) is 4.70. The van der Waals surface area contributed by atoms with Crippen molar-refractivity contribution in [1.82, 2.24) is 0 Å². The maximum absolute atomic E-state index is 12.3. The molecule has 2 aliphatic carbocycles. The molecule has 2 saturated carbocycles. The van der Waals surface area contributed by atoms with Gasteiger partial charge in [-0.1, -0.05) is 6.08 Å². The third-order valence-electron chi connectivity index (χ3n) is 3.95. The summed E-state index contributed by atoms with van der Waals surface area (Å²) in [6, 6.07) is 0. The minimum Gasteiger partial charge on any atom is -0.289 e. The molecule has 3 unspecified atom stereocenters. The number of rotatable bonds is 2. The molecule has 2 bridgehead atoms. The molecular weight excluding hydrogens is 205 g/mol. The van der Waals surface area contributed by atoms with Gasteiger partial charge in [0.25, 0.3) is 0 Å². The van der Waals surface area contributed by atoms with E-state index in [4.69, 9.17) is 0 Å². The number of Topliss-reactive ketones (excluding diaryl/α,β-unsaturated/α-hetero) is 1. The van der Waals surface area contributed by atoms with E-state index in [-0.39, 0.29) is 0 Å². The number of ketones is 1. The molecule has 4 heteroatoms. The Morgan fingerprint density at radius 3 is 2.60 bits per heavy atom. The zero-order valence-corrected chi connectivity index (χ0v) is 8.31. The minimum absolute atomic E-state index is 0.291. The van der Waals surface area contributed by atoms with Gasteiger partial charge in [-0.2, -0.15) is 13.2 Å². The standard InChI is InChI=1S/C11H13F3O/c1-2-10-4-3-7(6-10)5-8(10)9(15)11(12,13)14/h2,7-8H,1,3-6H2. The second-order valence-electron chi connectivity index (χ2n) is 4.70. The highest BCUT2D eigenvalue weighted by molar-refractivity contribution is 5.87. The normalized spacial score (nSPS) is 39.4. The number of halogens is 3. The highest BCUT2D eigenvalue weighted by atomic mass is 19.4. The van der Waals surface area contributed by atoms with E-state index in [0.717, 1.165) is 6.42 Å². The van der Waals surface area contributed by atoms with E-state index in [1.54, 1.807) is 6.08 Å². The summed E-state index contributed by atoms with van der Waals surface area (Å²) in [5.74, 6) is -2.13. The lowest BCUT2D eigenvalue weighted by Crippen LogP contribution is -2.38. The van der Waals surface area contributed by atoms with Gasteiger partial charge in [-0.05, 0) is 37.0 Å². The van der Waals surface area contributed by atoms with Crippen LogP contribution < -0.4 is 0 Å². The number of hydrogen-bond donors (Lipinski definition) is 0. The third-order valence-corrected chi connectivity index (χ3v) is 3.95. The maximum Gasteiger partial charge on any atom is 0.450 e. The van der Waals surface area contributed by atoms with E-state index in [9.17, 15) is 18.0 Å². The molecule has 0 heterocycles. The van der Waals surface area contributed by atoms with Crippen LogP contribution >= 0.6 is 0 Å². The smallest absolute Gasteiger partial charge is 0.289 e. The summed E-state index contributed by atoms with van der Waals surface area (Å²) in [6.45, 7) is 3.61. The molecule has 0 aromatic carbocycles. The Kier molecular flexibility index (Phi) is 2.21. The number of hydrogen-bond acceptors (Lipinski definition) is 1. The zero-order chi connectivity index (χ0) is 11.3. The molecular formula is C11H13F3O. The van der Waals surface area contributed by atoms with Crippen LogP contribution in [0.1, 0.15) is 25.7 Å². The summed E-state index contributed by atoms with van der Waals surface area (Å²) in [5, 5.41) is 0. The van der Waals surface area contributed by atoms with Gasteiger partial charge in [-0.15, -0.1) is 6.58 Å². The molecule has 0 aliphatic heterocycles. The molecule has 3 atom stereocenters. The first-order valence-corrected chi connectivity index (χ1v) is 5.14. The highest BCUT2D eigenvalue weighted by Crippen LogP contribution is 2.59. The lowest BCUT2D eigenvalue weighted by molar-refractivity contribution is -0.178. The van der Waals surface area contributed by atoms with Crippen LogP contribution in [0.4, 0.5) is 13.2 Å². The first-order valence-electron chi connectivity index (χ1n) is 5.14. The third kappa shape index (κ3) is 1.50. The average molecular weight is 218 g/mol. The van der Waals surface area contributed by atoms with E-state index >= 15 is 0 Å². The van der Waals surface area contributed by atoms with Crippen LogP contribution in [0.3, 0.4) is 0 Å². The highest BCUT2D eigenvalue weighted by Gasteiger charge is 2.58. The summed E-state index contributed by atoms with van der Waals surface area (Å²) >= 11 is 0. The molecule has 0 amide bonds. The average Bonchev–Trinajstić information content (AvgIpc) is 2.72. The number of alkyl halides is 3. The molecule has 1 nitrogen and oxygen atoms in total. The number of fused-ring (bicyclic) bond motifs is 2. The van der Waals surface area contributed by atoms with Crippen molar-refractivity contribution in [2.45, 2.75) is 31.9 Å². The largest absolute Gasteiger partial charge is 0.450 e.